The van der Waals surface area contributed by atoms with Gasteiger partial charge in [-0.25, -0.2) is 14.2 Å². The fourth-order valence-corrected chi connectivity index (χ4v) is 2.53. The number of rotatable bonds is 5. The van der Waals surface area contributed by atoms with Gasteiger partial charge < -0.3 is 14.8 Å². The number of nitrogens with zero attached hydrogens (tertiary/aromatic N) is 1. The predicted molar refractivity (Wildman–Crippen MR) is 79.0 cm³/mol. The van der Waals surface area contributed by atoms with E-state index in [0.717, 1.165) is 4.88 Å². The van der Waals surface area contributed by atoms with Crippen molar-refractivity contribution in [2.45, 2.75) is 13.8 Å². The van der Waals surface area contributed by atoms with Gasteiger partial charge in [-0.1, -0.05) is 0 Å². The van der Waals surface area contributed by atoms with Crippen molar-refractivity contribution in [2.75, 3.05) is 19.0 Å². The molecule has 2 aromatic rings. The van der Waals surface area contributed by atoms with Crippen molar-refractivity contribution in [1.82, 2.24) is 4.98 Å². The first kappa shape index (κ1) is 15.2. The van der Waals surface area contributed by atoms with Gasteiger partial charge in [0.05, 0.1) is 13.7 Å². The summed E-state index contributed by atoms with van der Waals surface area (Å²) in [4.78, 5) is 16.4. The van der Waals surface area contributed by atoms with E-state index < -0.39 is 11.8 Å². The summed E-state index contributed by atoms with van der Waals surface area (Å²) in [7, 11) is 1.30. The molecule has 7 heteroatoms. The molecule has 0 radical (unpaired) electrons. The third-order valence-electron chi connectivity index (χ3n) is 2.66. The minimum atomic E-state index is -0.491. The lowest BCUT2D eigenvalue weighted by atomic mass is 10.3. The molecule has 1 heterocycles. The van der Waals surface area contributed by atoms with Crippen LogP contribution >= 0.6 is 11.3 Å². The van der Waals surface area contributed by atoms with Gasteiger partial charge in [-0.3, -0.25) is 0 Å². The number of aromatic nitrogens is 1. The molecule has 2 rings (SSSR count). The minimum absolute atomic E-state index is 0.202. The van der Waals surface area contributed by atoms with Crippen molar-refractivity contribution in [3.63, 3.8) is 0 Å². The maximum atomic E-state index is 13.8. The zero-order valence-corrected chi connectivity index (χ0v) is 12.7. The fourth-order valence-electron chi connectivity index (χ4n) is 1.71. The Kier molecular flexibility index (Phi) is 4.74. The summed E-state index contributed by atoms with van der Waals surface area (Å²) in [6, 6.07) is 4.55. The zero-order chi connectivity index (χ0) is 15.4. The average Bonchev–Trinajstić information content (AvgIpc) is 2.82. The Morgan fingerprint density at radius 2 is 2.24 bits per heavy atom. The number of benzene rings is 1. The van der Waals surface area contributed by atoms with Gasteiger partial charge in [-0.15, -0.1) is 11.3 Å². The summed E-state index contributed by atoms with van der Waals surface area (Å²) in [5.74, 6) is -0.744. The second-order valence-corrected chi connectivity index (χ2v) is 5.32. The maximum absolute atomic E-state index is 13.8. The van der Waals surface area contributed by atoms with E-state index >= 15 is 0 Å². The second-order valence-electron chi connectivity index (χ2n) is 4.12. The number of carbonyl (C=O) groups is 1. The minimum Gasteiger partial charge on any atom is -0.491 e. The van der Waals surface area contributed by atoms with Crippen molar-refractivity contribution in [3.05, 3.63) is 34.6 Å². The van der Waals surface area contributed by atoms with Crippen LogP contribution in [0.2, 0.25) is 0 Å². The van der Waals surface area contributed by atoms with Crippen molar-refractivity contribution >= 4 is 28.1 Å². The monoisotopic (exact) mass is 310 g/mol. The lowest BCUT2D eigenvalue weighted by molar-refractivity contribution is 0.0594. The predicted octanol–water partition coefficient (Wildman–Crippen LogP) is 3.52. The van der Waals surface area contributed by atoms with Crippen LogP contribution in [-0.4, -0.2) is 24.7 Å². The van der Waals surface area contributed by atoms with Crippen LogP contribution in [0.15, 0.2) is 18.2 Å². The molecule has 0 spiro atoms. The highest BCUT2D eigenvalue weighted by Gasteiger charge is 2.16. The Balaban J connectivity index is 2.18. The van der Waals surface area contributed by atoms with E-state index in [1.807, 2.05) is 0 Å². The van der Waals surface area contributed by atoms with E-state index in [4.69, 9.17) is 4.74 Å². The summed E-state index contributed by atoms with van der Waals surface area (Å²) in [5.41, 5.74) is 0.789. The molecule has 0 amide bonds. The highest BCUT2D eigenvalue weighted by Crippen LogP contribution is 2.28. The van der Waals surface area contributed by atoms with Crippen LogP contribution in [0.5, 0.6) is 5.75 Å². The topological polar surface area (TPSA) is 60.5 Å². The van der Waals surface area contributed by atoms with E-state index in [-0.39, 0.29) is 11.4 Å². The summed E-state index contributed by atoms with van der Waals surface area (Å²) < 4.78 is 23.5. The maximum Gasteiger partial charge on any atom is 0.357 e. The fraction of sp³-hybridized carbons (Fsp3) is 0.286. The van der Waals surface area contributed by atoms with Gasteiger partial charge in [0.1, 0.15) is 0 Å². The first-order valence-electron chi connectivity index (χ1n) is 6.30. The van der Waals surface area contributed by atoms with Gasteiger partial charge in [0, 0.05) is 16.6 Å². The van der Waals surface area contributed by atoms with Crippen LogP contribution < -0.4 is 10.1 Å². The average molecular weight is 310 g/mol. The Morgan fingerprint density at radius 1 is 1.48 bits per heavy atom. The molecule has 0 saturated carbocycles. The van der Waals surface area contributed by atoms with Gasteiger partial charge in [-0.2, -0.15) is 0 Å². The SMILES string of the molecule is CCOc1ccc(Nc2nc(C(=O)OC)c(C)s2)cc1F. The van der Waals surface area contributed by atoms with Gasteiger partial charge >= 0.3 is 5.97 Å². The van der Waals surface area contributed by atoms with Gasteiger partial charge in [0.25, 0.3) is 0 Å². The largest absolute Gasteiger partial charge is 0.491 e. The Morgan fingerprint density at radius 3 is 2.86 bits per heavy atom. The quantitative estimate of drug-likeness (QED) is 0.856. The molecule has 0 aliphatic carbocycles. The van der Waals surface area contributed by atoms with E-state index in [0.29, 0.717) is 17.4 Å². The van der Waals surface area contributed by atoms with Crippen molar-refractivity contribution in [1.29, 1.82) is 0 Å². The molecule has 21 heavy (non-hydrogen) atoms. The van der Waals surface area contributed by atoms with Crippen molar-refractivity contribution in [3.8, 4) is 5.75 Å². The van der Waals surface area contributed by atoms with Crippen molar-refractivity contribution < 1.29 is 18.7 Å². The number of anilines is 2. The van der Waals surface area contributed by atoms with E-state index in [1.54, 1.807) is 26.0 Å². The van der Waals surface area contributed by atoms with E-state index in [1.165, 1.54) is 24.5 Å². The Hall–Kier alpha value is -2.15. The lowest BCUT2D eigenvalue weighted by Crippen LogP contribution is -2.03. The van der Waals surface area contributed by atoms with Crippen LogP contribution in [0, 0.1) is 12.7 Å². The summed E-state index contributed by atoms with van der Waals surface area (Å²) in [5, 5.41) is 3.46. The molecule has 1 N–H and O–H groups in total. The first-order chi connectivity index (χ1) is 10.0. The molecule has 0 aliphatic heterocycles. The number of hydrogen-bond acceptors (Lipinski definition) is 6. The number of halogens is 1. The molecular formula is C14H15FN2O3S. The number of nitrogens with one attached hydrogen (secondary N) is 1. The molecule has 0 saturated heterocycles. The van der Waals surface area contributed by atoms with Crippen LogP contribution in [0.3, 0.4) is 0 Å². The Labute approximate surface area is 125 Å². The summed E-state index contributed by atoms with van der Waals surface area (Å²) in [6.45, 7) is 3.96. The second kappa shape index (κ2) is 6.53. The third kappa shape index (κ3) is 3.49. The molecule has 5 nitrogen and oxygen atoms in total. The Bertz CT molecular complexity index is 658. The smallest absolute Gasteiger partial charge is 0.357 e. The molecule has 1 aromatic heterocycles. The molecule has 0 bridgehead atoms. The summed E-state index contributed by atoms with van der Waals surface area (Å²) in [6.07, 6.45) is 0. The highest BCUT2D eigenvalue weighted by molar-refractivity contribution is 7.15. The van der Waals surface area contributed by atoms with Gasteiger partial charge in [0.2, 0.25) is 0 Å². The molecule has 1 aromatic carbocycles. The lowest BCUT2D eigenvalue weighted by Gasteiger charge is -2.07. The normalized spacial score (nSPS) is 10.3. The van der Waals surface area contributed by atoms with E-state index in [9.17, 15) is 9.18 Å². The number of carbonyl (C=O) groups excluding carboxylic acids is 1. The summed E-state index contributed by atoms with van der Waals surface area (Å²) >= 11 is 1.30. The molecule has 0 unspecified atom stereocenters. The molecule has 112 valence electrons. The van der Waals surface area contributed by atoms with Crippen LogP contribution in [-0.2, 0) is 4.74 Å². The first-order valence-corrected chi connectivity index (χ1v) is 7.12. The number of thiazole rings is 1. The van der Waals surface area contributed by atoms with Crippen LogP contribution in [0.4, 0.5) is 15.2 Å². The van der Waals surface area contributed by atoms with Gasteiger partial charge in [-0.05, 0) is 26.0 Å². The van der Waals surface area contributed by atoms with Crippen LogP contribution in [0.25, 0.3) is 0 Å². The molecule has 0 atom stereocenters. The number of aryl methyl sites for hydroxylation is 1. The molecular weight excluding hydrogens is 295 g/mol. The van der Waals surface area contributed by atoms with Crippen molar-refractivity contribution in [2.24, 2.45) is 0 Å². The standard InChI is InChI=1S/C14H15FN2O3S/c1-4-20-11-6-5-9(7-10(11)15)16-14-17-12(8(2)21-14)13(18)19-3/h5-7H,4H2,1-3H3,(H,16,17). The zero-order valence-electron chi connectivity index (χ0n) is 11.9. The molecule has 0 fully saturated rings. The number of hydrogen-bond donors (Lipinski definition) is 1. The molecule has 0 aliphatic rings. The number of methoxy groups -OCH3 is 1. The van der Waals surface area contributed by atoms with Crippen LogP contribution in [0.1, 0.15) is 22.3 Å². The van der Waals surface area contributed by atoms with E-state index in [2.05, 4.69) is 15.0 Å². The third-order valence-corrected chi connectivity index (χ3v) is 3.54. The highest BCUT2D eigenvalue weighted by atomic mass is 32.1. The van der Waals surface area contributed by atoms with Gasteiger partial charge in [0.15, 0.2) is 22.4 Å². The number of ether oxygens (including phenoxy) is 2. The number of esters is 1.